The monoisotopic (exact) mass is 300 g/mol. The number of carbonyl (C=O) groups is 3. The molecule has 0 unspecified atom stereocenters. The maximum atomic E-state index is 12.1. The first-order valence-electron chi connectivity index (χ1n) is 7.16. The summed E-state index contributed by atoms with van der Waals surface area (Å²) in [5, 5.41) is 9.20. The van der Waals surface area contributed by atoms with Crippen molar-refractivity contribution in [1.82, 2.24) is 9.80 Å². The summed E-state index contributed by atoms with van der Waals surface area (Å²) in [6.45, 7) is 7.50. The SMILES string of the molecule is CCC[C@@H](C(=O)O)N1CCN(C(=O)OC(C)(C)C)CC1=O. The van der Waals surface area contributed by atoms with Gasteiger partial charge in [0.1, 0.15) is 18.2 Å². The van der Waals surface area contributed by atoms with Crippen LogP contribution < -0.4 is 0 Å². The number of nitrogens with zero attached hydrogens (tertiary/aromatic N) is 2. The highest BCUT2D eigenvalue weighted by Gasteiger charge is 2.35. The van der Waals surface area contributed by atoms with E-state index in [-0.39, 0.29) is 25.5 Å². The number of ether oxygens (including phenoxy) is 1. The molecule has 1 atom stereocenters. The molecule has 0 aromatic heterocycles. The predicted octanol–water partition coefficient (Wildman–Crippen LogP) is 1.32. The zero-order valence-corrected chi connectivity index (χ0v) is 13.1. The van der Waals surface area contributed by atoms with Crippen LogP contribution in [0.2, 0.25) is 0 Å². The first-order valence-corrected chi connectivity index (χ1v) is 7.16. The van der Waals surface area contributed by atoms with E-state index in [2.05, 4.69) is 0 Å². The highest BCUT2D eigenvalue weighted by atomic mass is 16.6. The molecule has 1 rings (SSSR count). The van der Waals surface area contributed by atoms with Crippen LogP contribution in [0.1, 0.15) is 40.5 Å². The van der Waals surface area contributed by atoms with Crippen molar-refractivity contribution in [2.45, 2.75) is 52.2 Å². The summed E-state index contributed by atoms with van der Waals surface area (Å²) in [5.74, 6) is -1.36. The number of amides is 2. The molecular formula is C14H24N2O5. The van der Waals surface area contributed by atoms with E-state index in [4.69, 9.17) is 4.74 Å². The van der Waals surface area contributed by atoms with Gasteiger partial charge in [0.25, 0.3) is 0 Å². The molecule has 0 bridgehead atoms. The molecule has 21 heavy (non-hydrogen) atoms. The molecular weight excluding hydrogens is 276 g/mol. The number of hydrogen-bond acceptors (Lipinski definition) is 4. The topological polar surface area (TPSA) is 87.2 Å². The normalized spacial score (nSPS) is 17.6. The Bertz CT molecular complexity index is 416. The van der Waals surface area contributed by atoms with Crippen molar-refractivity contribution in [3.8, 4) is 0 Å². The summed E-state index contributed by atoms with van der Waals surface area (Å²) >= 11 is 0. The third-order valence-corrected chi connectivity index (χ3v) is 3.13. The number of carboxylic acid groups (broad SMARTS) is 1. The number of carbonyl (C=O) groups excluding carboxylic acids is 2. The predicted molar refractivity (Wildman–Crippen MR) is 75.9 cm³/mol. The molecule has 1 aliphatic heterocycles. The van der Waals surface area contributed by atoms with Crippen molar-refractivity contribution in [2.75, 3.05) is 19.6 Å². The van der Waals surface area contributed by atoms with Gasteiger partial charge in [0.05, 0.1) is 0 Å². The van der Waals surface area contributed by atoms with Crippen LogP contribution in [0, 0.1) is 0 Å². The Morgan fingerprint density at radius 2 is 1.95 bits per heavy atom. The van der Waals surface area contributed by atoms with Gasteiger partial charge in [0.2, 0.25) is 5.91 Å². The molecule has 1 saturated heterocycles. The summed E-state index contributed by atoms with van der Waals surface area (Å²) in [6.07, 6.45) is 0.544. The Hall–Kier alpha value is -1.79. The zero-order chi connectivity index (χ0) is 16.2. The highest BCUT2D eigenvalue weighted by Crippen LogP contribution is 2.15. The molecule has 0 radical (unpaired) electrons. The second-order valence-corrected chi connectivity index (χ2v) is 6.13. The van der Waals surface area contributed by atoms with E-state index in [9.17, 15) is 19.5 Å². The fourth-order valence-electron chi connectivity index (χ4n) is 2.18. The van der Waals surface area contributed by atoms with Crippen LogP contribution in [0.5, 0.6) is 0 Å². The summed E-state index contributed by atoms with van der Waals surface area (Å²) < 4.78 is 5.22. The van der Waals surface area contributed by atoms with E-state index in [0.29, 0.717) is 12.8 Å². The fourth-order valence-corrected chi connectivity index (χ4v) is 2.18. The molecule has 7 nitrogen and oxygen atoms in total. The molecule has 0 saturated carbocycles. The average molecular weight is 300 g/mol. The smallest absolute Gasteiger partial charge is 0.410 e. The second kappa shape index (κ2) is 6.78. The van der Waals surface area contributed by atoms with Crippen molar-refractivity contribution >= 4 is 18.0 Å². The Labute approximate surface area is 124 Å². The summed E-state index contributed by atoms with van der Waals surface area (Å²) in [5.41, 5.74) is -0.622. The molecule has 2 amide bonds. The lowest BCUT2D eigenvalue weighted by Gasteiger charge is -2.37. The Balaban J connectivity index is 2.67. The van der Waals surface area contributed by atoms with Gasteiger partial charge in [0, 0.05) is 13.1 Å². The van der Waals surface area contributed by atoms with Crippen molar-refractivity contribution in [3.63, 3.8) is 0 Å². The lowest BCUT2D eigenvalue weighted by Crippen LogP contribution is -2.57. The van der Waals surface area contributed by atoms with Crippen LogP contribution in [0.15, 0.2) is 0 Å². The first-order chi connectivity index (χ1) is 9.65. The van der Waals surface area contributed by atoms with Gasteiger partial charge in [-0.15, -0.1) is 0 Å². The molecule has 0 aromatic rings. The maximum absolute atomic E-state index is 12.1. The van der Waals surface area contributed by atoms with Crippen molar-refractivity contribution in [2.24, 2.45) is 0 Å². The molecule has 1 aliphatic rings. The Kier molecular flexibility index (Phi) is 5.57. The van der Waals surface area contributed by atoms with Gasteiger partial charge in [0.15, 0.2) is 0 Å². The van der Waals surface area contributed by atoms with E-state index >= 15 is 0 Å². The van der Waals surface area contributed by atoms with Crippen molar-refractivity contribution in [3.05, 3.63) is 0 Å². The molecule has 120 valence electrons. The van der Waals surface area contributed by atoms with Gasteiger partial charge < -0.3 is 14.7 Å². The summed E-state index contributed by atoms with van der Waals surface area (Å²) in [4.78, 5) is 37.9. The van der Waals surface area contributed by atoms with E-state index in [1.165, 1.54) is 9.80 Å². The minimum Gasteiger partial charge on any atom is -0.480 e. The van der Waals surface area contributed by atoms with Gasteiger partial charge in [-0.2, -0.15) is 0 Å². The van der Waals surface area contributed by atoms with Crippen molar-refractivity contribution in [1.29, 1.82) is 0 Å². The molecule has 1 heterocycles. The Morgan fingerprint density at radius 3 is 2.38 bits per heavy atom. The van der Waals surface area contributed by atoms with Gasteiger partial charge in [-0.25, -0.2) is 9.59 Å². The minimum absolute atomic E-state index is 0.137. The van der Waals surface area contributed by atoms with Crippen LogP contribution in [0.25, 0.3) is 0 Å². The fraction of sp³-hybridized carbons (Fsp3) is 0.786. The van der Waals surface area contributed by atoms with Crippen LogP contribution in [0.3, 0.4) is 0 Å². The number of hydrogen-bond donors (Lipinski definition) is 1. The molecule has 0 spiro atoms. The lowest BCUT2D eigenvalue weighted by molar-refractivity contribution is -0.153. The van der Waals surface area contributed by atoms with Crippen LogP contribution >= 0.6 is 0 Å². The molecule has 0 aromatic carbocycles. The summed E-state index contributed by atoms with van der Waals surface area (Å²) in [6, 6.07) is -0.816. The molecule has 0 aliphatic carbocycles. The summed E-state index contributed by atoms with van der Waals surface area (Å²) in [7, 11) is 0. The van der Waals surface area contributed by atoms with Gasteiger partial charge in [-0.1, -0.05) is 13.3 Å². The second-order valence-electron chi connectivity index (χ2n) is 6.13. The lowest BCUT2D eigenvalue weighted by atomic mass is 10.1. The molecule has 1 fully saturated rings. The molecule has 1 N–H and O–H groups in total. The van der Waals surface area contributed by atoms with E-state index < -0.39 is 23.7 Å². The van der Waals surface area contributed by atoms with Gasteiger partial charge in [-0.3, -0.25) is 9.69 Å². The maximum Gasteiger partial charge on any atom is 0.410 e. The Morgan fingerprint density at radius 1 is 1.33 bits per heavy atom. The first kappa shape index (κ1) is 17.3. The number of carboxylic acids is 1. The average Bonchev–Trinajstić information content (AvgIpc) is 2.34. The van der Waals surface area contributed by atoms with Gasteiger partial charge >= 0.3 is 12.1 Å². The number of rotatable bonds is 4. The van der Waals surface area contributed by atoms with E-state index in [0.717, 1.165) is 0 Å². The number of aliphatic carboxylic acids is 1. The zero-order valence-electron chi connectivity index (χ0n) is 13.1. The highest BCUT2D eigenvalue weighted by molar-refractivity contribution is 5.87. The third-order valence-electron chi connectivity index (χ3n) is 3.13. The van der Waals surface area contributed by atoms with Crippen LogP contribution in [0.4, 0.5) is 4.79 Å². The largest absolute Gasteiger partial charge is 0.480 e. The standard InChI is InChI=1S/C14H24N2O5/c1-5-6-10(12(18)19)16-8-7-15(9-11(16)17)13(20)21-14(2,3)4/h10H,5-9H2,1-4H3,(H,18,19)/t10-/m0/s1. The number of piperazine rings is 1. The quantitative estimate of drug-likeness (QED) is 0.846. The van der Waals surface area contributed by atoms with E-state index in [1.807, 2.05) is 6.92 Å². The van der Waals surface area contributed by atoms with Crippen LogP contribution in [-0.4, -0.2) is 64.2 Å². The molecule has 7 heteroatoms. The van der Waals surface area contributed by atoms with Crippen molar-refractivity contribution < 1.29 is 24.2 Å². The third kappa shape index (κ3) is 4.91. The minimum atomic E-state index is -1.00. The van der Waals surface area contributed by atoms with Crippen LogP contribution in [-0.2, 0) is 14.3 Å². The van der Waals surface area contributed by atoms with E-state index in [1.54, 1.807) is 20.8 Å². The van der Waals surface area contributed by atoms with Gasteiger partial charge in [-0.05, 0) is 27.2 Å².